The number of amides is 1. The third kappa shape index (κ3) is 1.65. The molecule has 0 radical (unpaired) electrons. The number of aliphatic hydroxyl groups is 1. The van der Waals surface area contributed by atoms with Crippen LogP contribution in [0.5, 0.6) is 0 Å². The van der Waals surface area contributed by atoms with Crippen LogP contribution in [0.15, 0.2) is 0 Å². The normalized spacial score (nSPS) is 32.7. The second-order valence-electron chi connectivity index (χ2n) is 5.04. The molecule has 2 fully saturated rings. The van der Waals surface area contributed by atoms with E-state index < -0.39 is 5.60 Å². The Kier molecular flexibility index (Phi) is 2.30. The van der Waals surface area contributed by atoms with Gasteiger partial charge < -0.3 is 10.0 Å². The van der Waals surface area contributed by atoms with Gasteiger partial charge in [0.05, 0.1) is 5.60 Å². The molecule has 1 saturated carbocycles. The summed E-state index contributed by atoms with van der Waals surface area (Å²) in [6.45, 7) is 5.13. The monoisotopic (exact) mass is 197 g/mol. The van der Waals surface area contributed by atoms with Gasteiger partial charge in [0.15, 0.2) is 0 Å². The van der Waals surface area contributed by atoms with E-state index in [1.165, 1.54) is 0 Å². The molecule has 0 spiro atoms. The third-order valence-electron chi connectivity index (χ3n) is 3.42. The van der Waals surface area contributed by atoms with Gasteiger partial charge in [-0.15, -0.1) is 0 Å². The minimum atomic E-state index is -0.551. The zero-order chi connectivity index (χ0) is 10.3. The number of hydrogen-bond donors (Lipinski definition) is 1. The number of carbonyl (C=O) groups excluding carboxylic acids is 1. The summed E-state index contributed by atoms with van der Waals surface area (Å²) in [4.78, 5) is 13.5. The van der Waals surface area contributed by atoms with Crippen molar-refractivity contribution in [2.24, 2.45) is 11.8 Å². The molecule has 1 atom stereocenters. The first kappa shape index (κ1) is 9.97. The Labute approximate surface area is 85.1 Å². The van der Waals surface area contributed by atoms with E-state index >= 15 is 0 Å². The molecule has 2 aliphatic rings. The molecule has 2 rings (SSSR count). The van der Waals surface area contributed by atoms with Crippen LogP contribution in [0.2, 0.25) is 0 Å². The highest BCUT2D eigenvalue weighted by Gasteiger charge is 2.48. The Morgan fingerprint density at radius 1 is 1.50 bits per heavy atom. The summed E-state index contributed by atoms with van der Waals surface area (Å²) >= 11 is 0. The van der Waals surface area contributed by atoms with Crippen LogP contribution in [0.25, 0.3) is 0 Å². The Morgan fingerprint density at radius 2 is 2.14 bits per heavy atom. The predicted molar refractivity (Wildman–Crippen MR) is 53.7 cm³/mol. The van der Waals surface area contributed by atoms with Gasteiger partial charge in [0.1, 0.15) is 0 Å². The summed E-state index contributed by atoms with van der Waals surface area (Å²) in [5.74, 6) is 0.700. The molecule has 0 aromatic rings. The molecule has 14 heavy (non-hydrogen) atoms. The lowest BCUT2D eigenvalue weighted by Gasteiger charge is -2.23. The highest BCUT2D eigenvalue weighted by Crippen LogP contribution is 2.44. The molecule has 1 aliphatic carbocycles. The Hall–Kier alpha value is -0.570. The van der Waals surface area contributed by atoms with Crippen molar-refractivity contribution in [3.8, 4) is 0 Å². The van der Waals surface area contributed by atoms with Gasteiger partial charge in [0, 0.05) is 19.0 Å². The van der Waals surface area contributed by atoms with Gasteiger partial charge in [-0.25, -0.2) is 0 Å². The first-order valence-corrected chi connectivity index (χ1v) is 5.54. The molecule has 1 aliphatic heterocycles. The van der Waals surface area contributed by atoms with Crippen LogP contribution in [0.4, 0.5) is 0 Å². The van der Waals surface area contributed by atoms with Crippen LogP contribution in [0, 0.1) is 11.8 Å². The van der Waals surface area contributed by atoms with E-state index in [1.54, 1.807) is 0 Å². The van der Waals surface area contributed by atoms with Crippen LogP contribution in [-0.4, -0.2) is 34.6 Å². The van der Waals surface area contributed by atoms with Crippen molar-refractivity contribution in [3.63, 3.8) is 0 Å². The van der Waals surface area contributed by atoms with Gasteiger partial charge >= 0.3 is 0 Å². The summed E-state index contributed by atoms with van der Waals surface area (Å²) in [5, 5.41) is 10.2. The molecular formula is C11H19NO2. The van der Waals surface area contributed by atoms with Crippen molar-refractivity contribution in [3.05, 3.63) is 0 Å². The standard InChI is InChI=1S/C11H19NO2/c1-8(2)10(13)12-6-5-11(14,7-12)9-3-4-9/h8-9,14H,3-7H2,1-2H3. The topological polar surface area (TPSA) is 40.5 Å². The van der Waals surface area contributed by atoms with Crippen molar-refractivity contribution in [1.82, 2.24) is 4.90 Å². The Morgan fingerprint density at radius 3 is 2.64 bits per heavy atom. The van der Waals surface area contributed by atoms with Crippen LogP contribution < -0.4 is 0 Å². The second-order valence-corrected chi connectivity index (χ2v) is 5.04. The smallest absolute Gasteiger partial charge is 0.225 e. The maximum absolute atomic E-state index is 11.7. The van der Waals surface area contributed by atoms with E-state index in [-0.39, 0.29) is 11.8 Å². The largest absolute Gasteiger partial charge is 0.388 e. The average molecular weight is 197 g/mol. The fourth-order valence-electron chi connectivity index (χ4n) is 2.32. The van der Waals surface area contributed by atoms with Gasteiger partial charge in [0.2, 0.25) is 5.91 Å². The molecule has 1 amide bonds. The fraction of sp³-hybridized carbons (Fsp3) is 0.909. The molecule has 3 nitrogen and oxygen atoms in total. The zero-order valence-electron chi connectivity index (χ0n) is 8.99. The average Bonchev–Trinajstić information content (AvgIpc) is 2.90. The lowest BCUT2D eigenvalue weighted by molar-refractivity contribution is -0.134. The quantitative estimate of drug-likeness (QED) is 0.718. The van der Waals surface area contributed by atoms with E-state index in [0.717, 1.165) is 25.8 Å². The minimum absolute atomic E-state index is 0.0524. The van der Waals surface area contributed by atoms with Gasteiger partial charge in [-0.1, -0.05) is 13.8 Å². The van der Waals surface area contributed by atoms with Crippen molar-refractivity contribution in [2.75, 3.05) is 13.1 Å². The molecular weight excluding hydrogens is 178 g/mol. The number of rotatable bonds is 2. The first-order valence-electron chi connectivity index (χ1n) is 5.54. The number of hydrogen-bond acceptors (Lipinski definition) is 2. The molecule has 0 aromatic heterocycles. The summed E-state index contributed by atoms with van der Waals surface area (Å²) in [7, 11) is 0. The van der Waals surface area contributed by atoms with E-state index in [1.807, 2.05) is 18.7 Å². The maximum Gasteiger partial charge on any atom is 0.225 e. The van der Waals surface area contributed by atoms with Crippen molar-refractivity contribution >= 4 is 5.91 Å². The van der Waals surface area contributed by atoms with Gasteiger partial charge in [-0.2, -0.15) is 0 Å². The van der Waals surface area contributed by atoms with E-state index in [9.17, 15) is 9.90 Å². The molecule has 1 heterocycles. The van der Waals surface area contributed by atoms with Crippen molar-refractivity contribution in [1.29, 1.82) is 0 Å². The minimum Gasteiger partial charge on any atom is -0.388 e. The number of β-amino-alcohol motifs (C(OH)–C–C–N with tert-alkyl or cyclic N) is 1. The molecule has 1 N–H and O–H groups in total. The van der Waals surface area contributed by atoms with Crippen molar-refractivity contribution in [2.45, 2.75) is 38.7 Å². The zero-order valence-corrected chi connectivity index (χ0v) is 8.99. The number of carbonyl (C=O) groups is 1. The van der Waals surface area contributed by atoms with Crippen molar-refractivity contribution < 1.29 is 9.90 Å². The van der Waals surface area contributed by atoms with E-state index in [2.05, 4.69) is 0 Å². The lowest BCUT2D eigenvalue weighted by Crippen LogP contribution is -2.39. The fourth-order valence-corrected chi connectivity index (χ4v) is 2.32. The van der Waals surface area contributed by atoms with Crippen LogP contribution >= 0.6 is 0 Å². The summed E-state index contributed by atoms with van der Waals surface area (Å²) < 4.78 is 0. The summed E-state index contributed by atoms with van der Waals surface area (Å²) in [6.07, 6.45) is 3.05. The van der Waals surface area contributed by atoms with Crippen LogP contribution in [0.3, 0.4) is 0 Å². The lowest BCUT2D eigenvalue weighted by atomic mass is 9.97. The molecule has 0 aromatic carbocycles. The third-order valence-corrected chi connectivity index (χ3v) is 3.42. The highest BCUT2D eigenvalue weighted by atomic mass is 16.3. The highest BCUT2D eigenvalue weighted by molar-refractivity contribution is 5.78. The summed E-state index contributed by atoms with van der Waals surface area (Å²) in [6, 6.07) is 0. The molecule has 1 unspecified atom stereocenters. The second kappa shape index (κ2) is 3.23. The molecule has 80 valence electrons. The number of likely N-dealkylation sites (tertiary alicyclic amines) is 1. The van der Waals surface area contributed by atoms with Gasteiger partial charge in [-0.05, 0) is 25.2 Å². The van der Waals surface area contributed by atoms with Gasteiger partial charge in [-0.3, -0.25) is 4.79 Å². The Balaban J connectivity index is 1.97. The predicted octanol–water partition coefficient (Wildman–Crippen LogP) is 1.02. The van der Waals surface area contributed by atoms with Crippen LogP contribution in [-0.2, 0) is 4.79 Å². The van der Waals surface area contributed by atoms with Gasteiger partial charge in [0.25, 0.3) is 0 Å². The number of nitrogens with zero attached hydrogens (tertiary/aromatic N) is 1. The van der Waals surface area contributed by atoms with Crippen LogP contribution in [0.1, 0.15) is 33.1 Å². The molecule has 3 heteroatoms. The first-order chi connectivity index (χ1) is 6.53. The van der Waals surface area contributed by atoms with E-state index in [0.29, 0.717) is 12.5 Å². The maximum atomic E-state index is 11.7. The summed E-state index contributed by atoms with van der Waals surface area (Å²) in [5.41, 5.74) is -0.551. The SMILES string of the molecule is CC(C)C(=O)N1CCC(O)(C2CC2)C1. The van der Waals surface area contributed by atoms with E-state index in [4.69, 9.17) is 0 Å². The molecule has 1 saturated heterocycles. The molecule has 0 bridgehead atoms. The Bertz CT molecular complexity index is 248.